The van der Waals surface area contributed by atoms with Gasteiger partial charge in [0.05, 0.1) is 11.9 Å². The molecule has 7 heteroatoms. The molecule has 4 nitrogen and oxygen atoms in total. The lowest BCUT2D eigenvalue weighted by molar-refractivity contribution is 0.504. The maximum atomic E-state index is 14.0. The summed E-state index contributed by atoms with van der Waals surface area (Å²) in [6, 6.07) is 13.3. The van der Waals surface area contributed by atoms with Gasteiger partial charge in [0.15, 0.2) is 5.82 Å². The fourth-order valence-electron chi connectivity index (χ4n) is 3.65. The largest absolute Gasteiger partial charge is 0.369 e. The van der Waals surface area contributed by atoms with Crippen LogP contribution in [0.3, 0.4) is 0 Å². The molecular formula is C21H18ClF2N3O. The van der Waals surface area contributed by atoms with E-state index in [4.69, 9.17) is 11.6 Å². The molecule has 2 heterocycles. The summed E-state index contributed by atoms with van der Waals surface area (Å²) in [4.78, 5) is 14.7. The van der Waals surface area contributed by atoms with Crippen LogP contribution in [0.4, 0.5) is 14.5 Å². The van der Waals surface area contributed by atoms with Crippen LogP contribution >= 0.6 is 11.6 Å². The molecule has 0 spiro atoms. The van der Waals surface area contributed by atoms with Gasteiger partial charge >= 0.3 is 0 Å². The number of hydrogen-bond acceptors (Lipinski definition) is 3. The molecule has 0 amide bonds. The third-order valence-corrected chi connectivity index (χ3v) is 5.50. The van der Waals surface area contributed by atoms with Gasteiger partial charge in [-0.3, -0.25) is 4.79 Å². The summed E-state index contributed by atoms with van der Waals surface area (Å²) in [5.41, 5.74) is 1.09. The van der Waals surface area contributed by atoms with Crippen molar-refractivity contribution in [2.24, 2.45) is 0 Å². The predicted molar refractivity (Wildman–Crippen MR) is 105 cm³/mol. The maximum absolute atomic E-state index is 14.0. The molecule has 2 aromatic carbocycles. The van der Waals surface area contributed by atoms with E-state index in [1.165, 1.54) is 17.8 Å². The van der Waals surface area contributed by atoms with Gasteiger partial charge in [-0.25, -0.2) is 8.78 Å². The van der Waals surface area contributed by atoms with Crippen LogP contribution in [0.5, 0.6) is 0 Å². The van der Waals surface area contributed by atoms with E-state index in [-0.39, 0.29) is 10.7 Å². The molecule has 0 N–H and O–H groups in total. The molecule has 0 aliphatic carbocycles. The Morgan fingerprint density at radius 3 is 2.39 bits per heavy atom. The zero-order valence-electron chi connectivity index (χ0n) is 15.0. The minimum absolute atomic E-state index is 0.0168. The highest BCUT2D eigenvalue weighted by molar-refractivity contribution is 6.33. The second kappa shape index (κ2) is 7.72. The topological polar surface area (TPSA) is 38.1 Å². The molecule has 0 radical (unpaired) electrons. The van der Waals surface area contributed by atoms with Crippen molar-refractivity contribution in [3.05, 3.63) is 87.3 Å². The van der Waals surface area contributed by atoms with E-state index in [9.17, 15) is 13.6 Å². The van der Waals surface area contributed by atoms with Gasteiger partial charge in [-0.2, -0.15) is 9.78 Å². The zero-order valence-corrected chi connectivity index (χ0v) is 15.7. The Morgan fingerprint density at radius 1 is 1.00 bits per heavy atom. The van der Waals surface area contributed by atoms with Crippen molar-refractivity contribution < 1.29 is 8.78 Å². The molecule has 28 heavy (non-hydrogen) atoms. The van der Waals surface area contributed by atoms with Gasteiger partial charge in [0.1, 0.15) is 16.5 Å². The first kappa shape index (κ1) is 18.6. The maximum Gasteiger partial charge on any atom is 0.292 e. The number of nitrogens with zero attached hydrogens (tertiary/aromatic N) is 3. The van der Waals surface area contributed by atoms with Crippen molar-refractivity contribution in [2.45, 2.75) is 18.8 Å². The van der Waals surface area contributed by atoms with Gasteiger partial charge in [0, 0.05) is 19.2 Å². The number of rotatable bonds is 3. The molecule has 0 bridgehead atoms. The number of piperidine rings is 1. The molecule has 1 aromatic heterocycles. The highest BCUT2D eigenvalue weighted by atomic mass is 35.5. The highest BCUT2D eigenvalue weighted by Crippen LogP contribution is 2.32. The average molecular weight is 402 g/mol. The SMILES string of the molecule is O=c1c(Cl)c(N2CCC(c3ccccc3)CC2)cnn1-c1ccc(F)cc1F. The summed E-state index contributed by atoms with van der Waals surface area (Å²) in [6.45, 7) is 1.49. The summed E-state index contributed by atoms with van der Waals surface area (Å²) in [6.07, 6.45) is 3.35. The third kappa shape index (κ3) is 3.52. The van der Waals surface area contributed by atoms with E-state index in [2.05, 4.69) is 17.2 Å². The first-order valence-corrected chi connectivity index (χ1v) is 9.45. The van der Waals surface area contributed by atoms with Crippen LogP contribution in [0.15, 0.2) is 59.5 Å². The Kier molecular flexibility index (Phi) is 5.13. The van der Waals surface area contributed by atoms with E-state index >= 15 is 0 Å². The lowest BCUT2D eigenvalue weighted by atomic mass is 9.89. The van der Waals surface area contributed by atoms with E-state index in [1.807, 2.05) is 23.1 Å². The third-order valence-electron chi connectivity index (χ3n) is 5.15. The van der Waals surface area contributed by atoms with Crippen LogP contribution < -0.4 is 10.5 Å². The lowest BCUT2D eigenvalue weighted by Gasteiger charge is -2.34. The number of hydrogen-bond donors (Lipinski definition) is 0. The van der Waals surface area contributed by atoms with Crippen LogP contribution in [0.2, 0.25) is 5.02 Å². The zero-order chi connectivity index (χ0) is 19.7. The Bertz CT molecular complexity index is 1050. The Hall–Kier alpha value is -2.73. The monoisotopic (exact) mass is 401 g/mol. The van der Waals surface area contributed by atoms with Crippen molar-refractivity contribution in [1.82, 2.24) is 9.78 Å². The minimum atomic E-state index is -0.873. The predicted octanol–water partition coefficient (Wildman–Crippen LogP) is 4.55. The van der Waals surface area contributed by atoms with Crippen LogP contribution in [0.1, 0.15) is 24.3 Å². The van der Waals surface area contributed by atoms with Gasteiger partial charge in [0.2, 0.25) is 0 Å². The minimum Gasteiger partial charge on any atom is -0.369 e. The quantitative estimate of drug-likeness (QED) is 0.646. The molecule has 3 aromatic rings. The smallest absolute Gasteiger partial charge is 0.292 e. The van der Waals surface area contributed by atoms with Gasteiger partial charge in [-0.1, -0.05) is 41.9 Å². The first-order valence-electron chi connectivity index (χ1n) is 9.08. The Morgan fingerprint density at radius 2 is 1.71 bits per heavy atom. The van der Waals surface area contributed by atoms with Crippen molar-refractivity contribution in [3.63, 3.8) is 0 Å². The molecule has 4 rings (SSSR count). The summed E-state index contributed by atoms with van der Waals surface area (Å²) in [7, 11) is 0. The molecular weight excluding hydrogens is 384 g/mol. The van der Waals surface area contributed by atoms with Crippen molar-refractivity contribution >= 4 is 17.3 Å². The molecule has 1 fully saturated rings. The van der Waals surface area contributed by atoms with Crippen molar-refractivity contribution in [3.8, 4) is 5.69 Å². The van der Waals surface area contributed by atoms with Crippen LogP contribution in [-0.4, -0.2) is 22.9 Å². The average Bonchev–Trinajstić information content (AvgIpc) is 2.71. The summed E-state index contributed by atoms with van der Waals surface area (Å²) in [5, 5.41) is 4.05. The molecule has 1 aliphatic heterocycles. The van der Waals surface area contributed by atoms with Gasteiger partial charge in [-0.15, -0.1) is 0 Å². The van der Waals surface area contributed by atoms with Gasteiger partial charge < -0.3 is 4.90 Å². The molecule has 0 atom stereocenters. The van der Waals surface area contributed by atoms with E-state index in [0.29, 0.717) is 17.7 Å². The summed E-state index contributed by atoms with van der Waals surface area (Å²) in [5.74, 6) is -1.13. The van der Waals surface area contributed by atoms with Crippen LogP contribution in [0, 0.1) is 11.6 Å². The Balaban J connectivity index is 1.57. The first-order chi connectivity index (χ1) is 13.5. The van der Waals surface area contributed by atoms with Crippen molar-refractivity contribution in [1.29, 1.82) is 0 Å². The van der Waals surface area contributed by atoms with E-state index in [1.54, 1.807) is 0 Å². The highest BCUT2D eigenvalue weighted by Gasteiger charge is 2.24. The molecule has 0 unspecified atom stereocenters. The molecule has 0 saturated carbocycles. The van der Waals surface area contributed by atoms with Crippen molar-refractivity contribution in [2.75, 3.05) is 18.0 Å². The molecule has 144 valence electrons. The van der Waals surface area contributed by atoms with Crippen LogP contribution in [0.25, 0.3) is 5.69 Å². The van der Waals surface area contributed by atoms with Gasteiger partial charge in [0.25, 0.3) is 5.56 Å². The number of benzene rings is 2. The fraction of sp³-hybridized carbons (Fsp3) is 0.238. The summed E-state index contributed by atoms with van der Waals surface area (Å²) < 4.78 is 28.0. The number of aromatic nitrogens is 2. The molecule has 1 saturated heterocycles. The second-order valence-corrected chi connectivity index (χ2v) is 7.21. The fourth-order valence-corrected chi connectivity index (χ4v) is 3.90. The van der Waals surface area contributed by atoms with E-state index < -0.39 is 17.2 Å². The lowest BCUT2D eigenvalue weighted by Crippen LogP contribution is -2.35. The molecule has 1 aliphatic rings. The number of halogens is 3. The van der Waals surface area contributed by atoms with E-state index in [0.717, 1.165) is 36.7 Å². The normalized spacial score (nSPS) is 15.0. The Labute approximate surface area is 166 Å². The standard InChI is InChI=1S/C21H18ClF2N3O/c22-20-19(26-10-8-15(9-11-26)14-4-2-1-3-5-14)13-25-27(21(20)28)18-7-6-16(23)12-17(18)24/h1-7,12-13,15H,8-11H2. The van der Waals surface area contributed by atoms with Gasteiger partial charge in [-0.05, 0) is 36.5 Å². The number of anilines is 1. The summed E-state index contributed by atoms with van der Waals surface area (Å²) >= 11 is 6.31. The van der Waals surface area contributed by atoms with Crippen LogP contribution in [-0.2, 0) is 0 Å². The second-order valence-electron chi connectivity index (χ2n) is 6.83.